The highest BCUT2D eigenvalue weighted by Gasteiger charge is 2.32. The van der Waals surface area contributed by atoms with Gasteiger partial charge in [0.25, 0.3) is 0 Å². The molecule has 0 spiro atoms. The highest BCUT2D eigenvalue weighted by Crippen LogP contribution is 2.25. The first-order chi connectivity index (χ1) is 14.4. The van der Waals surface area contributed by atoms with Gasteiger partial charge < -0.3 is 14.8 Å². The molecule has 7 nitrogen and oxygen atoms in total. The smallest absolute Gasteiger partial charge is 0.243 e. The minimum Gasteiger partial charge on any atom is -0.497 e. The van der Waals surface area contributed by atoms with Crippen molar-refractivity contribution < 1.29 is 22.7 Å². The zero-order chi connectivity index (χ0) is 21.6. The quantitative estimate of drug-likeness (QED) is 0.622. The van der Waals surface area contributed by atoms with Crippen LogP contribution in [-0.4, -0.2) is 52.0 Å². The average Bonchev–Trinajstić information content (AvgIpc) is 2.78. The molecule has 1 aliphatic rings. The molecular formula is C21H25ClN2O5S. The fourth-order valence-corrected chi connectivity index (χ4v) is 4.87. The van der Waals surface area contributed by atoms with E-state index in [4.69, 9.17) is 21.1 Å². The van der Waals surface area contributed by atoms with Crippen LogP contribution in [0.3, 0.4) is 0 Å². The number of hydrogen-bond acceptors (Lipinski definition) is 5. The van der Waals surface area contributed by atoms with Gasteiger partial charge in [0.05, 0.1) is 18.6 Å². The molecule has 1 amide bonds. The topological polar surface area (TPSA) is 84.9 Å². The van der Waals surface area contributed by atoms with E-state index < -0.39 is 10.0 Å². The summed E-state index contributed by atoms with van der Waals surface area (Å²) in [6, 6.07) is 13.3. The molecule has 1 N–H and O–H groups in total. The zero-order valence-electron chi connectivity index (χ0n) is 16.7. The third-order valence-corrected chi connectivity index (χ3v) is 7.17. The standard InChI is InChI=1S/C21H25ClN2O5S/c1-28-18-6-8-20(9-7-18)30(26,27)24-13-10-16(11-14-24)21(25)23-12-15-29-19-4-2-17(22)3-5-19/h2-9,16H,10-15H2,1H3,(H,23,25). The average molecular weight is 453 g/mol. The lowest BCUT2D eigenvalue weighted by Gasteiger charge is -2.30. The summed E-state index contributed by atoms with van der Waals surface area (Å²) < 4.78 is 37.6. The summed E-state index contributed by atoms with van der Waals surface area (Å²) in [4.78, 5) is 12.6. The minimum atomic E-state index is -3.57. The van der Waals surface area contributed by atoms with E-state index in [0.717, 1.165) is 0 Å². The van der Waals surface area contributed by atoms with Crippen LogP contribution < -0.4 is 14.8 Å². The Hall–Kier alpha value is -2.29. The Kier molecular flexibility index (Phi) is 7.58. The van der Waals surface area contributed by atoms with Gasteiger partial charge in [0.15, 0.2) is 0 Å². The Bertz CT molecular complexity index is 940. The van der Waals surface area contributed by atoms with Crippen LogP contribution in [0, 0.1) is 5.92 Å². The lowest BCUT2D eigenvalue weighted by Crippen LogP contribution is -2.43. The van der Waals surface area contributed by atoms with Crippen molar-refractivity contribution in [2.24, 2.45) is 5.92 Å². The Balaban J connectivity index is 1.43. The summed E-state index contributed by atoms with van der Waals surface area (Å²) in [5.74, 6) is 1.01. The van der Waals surface area contributed by atoms with Gasteiger partial charge in [0.2, 0.25) is 15.9 Å². The van der Waals surface area contributed by atoms with Crippen LogP contribution in [0.1, 0.15) is 12.8 Å². The molecule has 0 aliphatic carbocycles. The third-order valence-electron chi connectivity index (χ3n) is 5.01. The maximum Gasteiger partial charge on any atom is 0.243 e. The number of rotatable bonds is 8. The van der Waals surface area contributed by atoms with Crippen LogP contribution in [0.5, 0.6) is 11.5 Å². The van der Waals surface area contributed by atoms with Gasteiger partial charge in [-0.3, -0.25) is 4.79 Å². The van der Waals surface area contributed by atoms with Gasteiger partial charge in [-0.15, -0.1) is 0 Å². The van der Waals surface area contributed by atoms with Crippen molar-refractivity contribution in [3.63, 3.8) is 0 Å². The van der Waals surface area contributed by atoms with Crippen molar-refractivity contribution in [2.75, 3.05) is 33.4 Å². The Morgan fingerprint density at radius 1 is 1.07 bits per heavy atom. The minimum absolute atomic E-state index is 0.0730. The molecule has 0 unspecified atom stereocenters. The molecule has 2 aromatic carbocycles. The van der Waals surface area contributed by atoms with Gasteiger partial charge in [-0.05, 0) is 61.4 Å². The molecule has 1 heterocycles. The number of nitrogens with zero attached hydrogens (tertiary/aromatic N) is 1. The number of piperidine rings is 1. The molecule has 0 bridgehead atoms. The summed E-state index contributed by atoms with van der Waals surface area (Å²) in [6.07, 6.45) is 0.971. The molecule has 162 valence electrons. The van der Waals surface area contributed by atoms with Crippen LogP contribution >= 0.6 is 11.6 Å². The van der Waals surface area contributed by atoms with E-state index in [1.54, 1.807) is 36.4 Å². The summed E-state index contributed by atoms with van der Waals surface area (Å²) in [5.41, 5.74) is 0. The lowest BCUT2D eigenvalue weighted by atomic mass is 9.97. The van der Waals surface area contributed by atoms with Crippen LogP contribution in [0.15, 0.2) is 53.4 Å². The van der Waals surface area contributed by atoms with Crippen LogP contribution in [0.25, 0.3) is 0 Å². The first kappa shape index (κ1) is 22.4. The second-order valence-electron chi connectivity index (χ2n) is 6.95. The second-order valence-corrected chi connectivity index (χ2v) is 9.32. The Morgan fingerprint density at radius 2 is 1.67 bits per heavy atom. The largest absolute Gasteiger partial charge is 0.497 e. The van der Waals surface area contributed by atoms with Gasteiger partial charge in [-0.25, -0.2) is 8.42 Å². The maximum absolute atomic E-state index is 12.8. The predicted octanol–water partition coefficient (Wildman–Crippen LogP) is 2.94. The number of halogens is 1. The third kappa shape index (κ3) is 5.65. The molecule has 0 aromatic heterocycles. The number of amides is 1. The van der Waals surface area contributed by atoms with Crippen LogP contribution in [0.4, 0.5) is 0 Å². The number of benzene rings is 2. The van der Waals surface area contributed by atoms with E-state index in [9.17, 15) is 13.2 Å². The summed E-state index contributed by atoms with van der Waals surface area (Å²) >= 11 is 5.83. The fourth-order valence-electron chi connectivity index (χ4n) is 3.27. The SMILES string of the molecule is COc1ccc(S(=O)(=O)N2CCC(C(=O)NCCOc3ccc(Cl)cc3)CC2)cc1. The van der Waals surface area contributed by atoms with Crippen molar-refractivity contribution in [1.29, 1.82) is 0 Å². The van der Waals surface area contributed by atoms with Crippen molar-refractivity contribution in [2.45, 2.75) is 17.7 Å². The lowest BCUT2D eigenvalue weighted by molar-refractivity contribution is -0.126. The number of carbonyl (C=O) groups is 1. The number of methoxy groups -OCH3 is 1. The Labute approximate surface area is 182 Å². The van der Waals surface area contributed by atoms with Gasteiger partial charge in [-0.2, -0.15) is 4.31 Å². The number of ether oxygens (including phenoxy) is 2. The first-order valence-electron chi connectivity index (χ1n) is 9.70. The van der Waals surface area contributed by atoms with E-state index in [0.29, 0.717) is 55.6 Å². The van der Waals surface area contributed by atoms with E-state index in [2.05, 4.69) is 5.32 Å². The van der Waals surface area contributed by atoms with Gasteiger partial charge in [0, 0.05) is 24.0 Å². The molecule has 3 rings (SSSR count). The van der Waals surface area contributed by atoms with Crippen LogP contribution in [0.2, 0.25) is 5.02 Å². The summed E-state index contributed by atoms with van der Waals surface area (Å²) in [5, 5.41) is 3.50. The van der Waals surface area contributed by atoms with Crippen molar-refractivity contribution in [3.8, 4) is 11.5 Å². The van der Waals surface area contributed by atoms with Gasteiger partial charge in [0.1, 0.15) is 18.1 Å². The Morgan fingerprint density at radius 3 is 2.27 bits per heavy atom. The van der Waals surface area contributed by atoms with Gasteiger partial charge >= 0.3 is 0 Å². The summed E-state index contributed by atoms with van der Waals surface area (Å²) in [7, 11) is -2.04. The second kappa shape index (κ2) is 10.1. The molecule has 1 fully saturated rings. The number of carbonyl (C=O) groups excluding carboxylic acids is 1. The summed E-state index contributed by atoms with van der Waals surface area (Å²) in [6.45, 7) is 1.35. The highest BCUT2D eigenvalue weighted by molar-refractivity contribution is 7.89. The fraction of sp³-hybridized carbons (Fsp3) is 0.381. The number of hydrogen-bond donors (Lipinski definition) is 1. The molecule has 0 saturated carbocycles. The molecule has 9 heteroatoms. The van der Waals surface area contributed by atoms with Crippen LogP contribution in [-0.2, 0) is 14.8 Å². The van der Waals surface area contributed by atoms with Gasteiger partial charge in [-0.1, -0.05) is 11.6 Å². The molecule has 0 radical (unpaired) electrons. The van der Waals surface area contributed by atoms with Crippen molar-refractivity contribution in [1.82, 2.24) is 9.62 Å². The monoisotopic (exact) mass is 452 g/mol. The normalized spacial score (nSPS) is 15.5. The molecule has 0 atom stereocenters. The number of sulfonamides is 1. The highest BCUT2D eigenvalue weighted by atomic mass is 35.5. The maximum atomic E-state index is 12.8. The molecule has 1 aliphatic heterocycles. The van der Waals surface area contributed by atoms with E-state index in [1.165, 1.54) is 23.5 Å². The van der Waals surface area contributed by atoms with E-state index in [-0.39, 0.29) is 16.7 Å². The predicted molar refractivity (Wildman–Crippen MR) is 114 cm³/mol. The molecule has 2 aromatic rings. The number of nitrogens with one attached hydrogen (secondary N) is 1. The molecular weight excluding hydrogens is 428 g/mol. The first-order valence-corrected chi connectivity index (χ1v) is 11.5. The van der Waals surface area contributed by atoms with E-state index in [1.807, 2.05) is 0 Å². The van der Waals surface area contributed by atoms with E-state index >= 15 is 0 Å². The van der Waals surface area contributed by atoms with Crippen molar-refractivity contribution in [3.05, 3.63) is 53.6 Å². The molecule has 30 heavy (non-hydrogen) atoms. The zero-order valence-corrected chi connectivity index (χ0v) is 18.3. The van der Waals surface area contributed by atoms with Crippen molar-refractivity contribution >= 4 is 27.5 Å². The molecule has 1 saturated heterocycles.